The minimum Gasteiger partial charge on any atom is -0.384 e. The largest absolute Gasteiger partial charge is 0.384 e. The number of nitrogens with zero attached hydrogens (tertiary/aromatic N) is 3. The van der Waals surface area contributed by atoms with Crippen LogP contribution < -0.4 is 5.69 Å². The number of aryl methyl sites for hydroxylation is 1. The molecule has 24 heavy (non-hydrogen) atoms. The summed E-state index contributed by atoms with van der Waals surface area (Å²) in [6.07, 6.45) is 2.08. The molecule has 1 fully saturated rings. The fourth-order valence-electron chi connectivity index (χ4n) is 3.63. The van der Waals surface area contributed by atoms with E-state index in [-0.39, 0.29) is 18.1 Å². The number of amides is 1. The summed E-state index contributed by atoms with van der Waals surface area (Å²) < 4.78 is 8.54. The number of ether oxygens (including phenoxy) is 1. The molecule has 0 radical (unpaired) electrons. The first-order chi connectivity index (χ1) is 11.7. The molecule has 6 heteroatoms. The van der Waals surface area contributed by atoms with Crippen LogP contribution in [-0.2, 0) is 22.6 Å². The summed E-state index contributed by atoms with van der Waals surface area (Å²) in [5.74, 6) is 0.401. The normalized spacial score (nSPS) is 18.2. The van der Waals surface area contributed by atoms with Crippen LogP contribution in [0.4, 0.5) is 0 Å². The number of piperidine rings is 1. The van der Waals surface area contributed by atoms with E-state index in [4.69, 9.17) is 4.74 Å². The number of benzene rings is 1. The first-order valence-electron chi connectivity index (χ1n) is 8.60. The van der Waals surface area contributed by atoms with Gasteiger partial charge in [0.15, 0.2) is 0 Å². The first-order valence-corrected chi connectivity index (χ1v) is 8.60. The average Bonchev–Trinajstić information content (AvgIpc) is 2.87. The molecule has 1 aromatic carbocycles. The second-order valence-corrected chi connectivity index (χ2v) is 6.41. The second kappa shape index (κ2) is 7.21. The van der Waals surface area contributed by atoms with Gasteiger partial charge in [-0.3, -0.25) is 13.9 Å². The molecule has 0 saturated carbocycles. The van der Waals surface area contributed by atoms with Crippen molar-refractivity contribution in [3.63, 3.8) is 0 Å². The summed E-state index contributed by atoms with van der Waals surface area (Å²) >= 11 is 0. The molecule has 0 N–H and O–H groups in total. The molecule has 1 amide bonds. The molecule has 1 aromatic heterocycles. The Hall–Kier alpha value is -2.08. The highest BCUT2D eigenvalue weighted by Gasteiger charge is 2.25. The van der Waals surface area contributed by atoms with Crippen LogP contribution in [0.1, 0.15) is 19.8 Å². The van der Waals surface area contributed by atoms with Gasteiger partial charge in [-0.25, -0.2) is 4.79 Å². The zero-order chi connectivity index (χ0) is 17.1. The number of aromatic nitrogens is 2. The Kier molecular flexibility index (Phi) is 5.04. The highest BCUT2D eigenvalue weighted by atomic mass is 16.5. The number of carbonyl (C=O) groups excluding carboxylic acids is 1. The van der Waals surface area contributed by atoms with Crippen molar-refractivity contribution in [2.75, 3.05) is 26.8 Å². The number of fused-ring (bicyclic) bond motifs is 1. The second-order valence-electron chi connectivity index (χ2n) is 6.41. The van der Waals surface area contributed by atoms with Gasteiger partial charge in [-0.05, 0) is 37.8 Å². The lowest BCUT2D eigenvalue weighted by Crippen LogP contribution is -2.43. The van der Waals surface area contributed by atoms with Gasteiger partial charge < -0.3 is 9.64 Å². The van der Waals surface area contributed by atoms with E-state index in [0.717, 1.165) is 30.4 Å². The molecule has 0 unspecified atom stereocenters. The van der Waals surface area contributed by atoms with Crippen molar-refractivity contribution in [1.29, 1.82) is 0 Å². The van der Waals surface area contributed by atoms with Crippen molar-refractivity contribution >= 4 is 16.9 Å². The number of imidazole rings is 1. The summed E-state index contributed by atoms with van der Waals surface area (Å²) in [6.45, 7) is 4.80. The molecule has 2 aromatic rings. The van der Waals surface area contributed by atoms with Crippen LogP contribution >= 0.6 is 0 Å². The highest BCUT2D eigenvalue weighted by molar-refractivity contribution is 5.81. The predicted molar refractivity (Wildman–Crippen MR) is 93.1 cm³/mol. The Balaban J connectivity index is 1.83. The summed E-state index contributed by atoms with van der Waals surface area (Å²) in [5, 5.41) is 0. The monoisotopic (exact) mass is 331 g/mol. The molecule has 1 saturated heterocycles. The average molecular weight is 331 g/mol. The molecule has 0 bridgehead atoms. The van der Waals surface area contributed by atoms with E-state index in [2.05, 4.69) is 0 Å². The quantitative estimate of drug-likeness (QED) is 0.838. The molecule has 0 spiro atoms. The summed E-state index contributed by atoms with van der Waals surface area (Å²) in [6, 6.07) is 7.65. The van der Waals surface area contributed by atoms with Crippen molar-refractivity contribution < 1.29 is 9.53 Å². The van der Waals surface area contributed by atoms with E-state index >= 15 is 0 Å². The van der Waals surface area contributed by atoms with Gasteiger partial charge in [0.25, 0.3) is 0 Å². The lowest BCUT2D eigenvalue weighted by atomic mass is 9.99. The SMILES string of the molecule is CCn1c(=O)n(CC(=O)N2CCC[C@H](COC)C2)c2ccccc21. The Morgan fingerprint density at radius 3 is 2.62 bits per heavy atom. The van der Waals surface area contributed by atoms with Crippen LogP contribution in [0.3, 0.4) is 0 Å². The van der Waals surface area contributed by atoms with E-state index in [1.165, 1.54) is 0 Å². The van der Waals surface area contributed by atoms with Crippen molar-refractivity contribution in [2.24, 2.45) is 5.92 Å². The maximum absolute atomic E-state index is 12.7. The van der Waals surface area contributed by atoms with Crippen molar-refractivity contribution in [3.05, 3.63) is 34.7 Å². The van der Waals surface area contributed by atoms with Gasteiger partial charge in [0, 0.05) is 26.7 Å². The van der Waals surface area contributed by atoms with Crippen LogP contribution in [0.5, 0.6) is 0 Å². The molecular weight excluding hydrogens is 306 g/mol. The Bertz CT molecular complexity index is 775. The molecule has 6 nitrogen and oxygen atoms in total. The number of carbonyl (C=O) groups is 1. The number of hydrogen-bond acceptors (Lipinski definition) is 3. The van der Waals surface area contributed by atoms with Gasteiger partial charge in [0.2, 0.25) is 5.91 Å². The van der Waals surface area contributed by atoms with Gasteiger partial charge in [0.05, 0.1) is 17.6 Å². The molecule has 130 valence electrons. The third-order valence-electron chi connectivity index (χ3n) is 4.81. The van der Waals surface area contributed by atoms with Crippen molar-refractivity contribution in [2.45, 2.75) is 32.9 Å². The van der Waals surface area contributed by atoms with Gasteiger partial charge in [-0.15, -0.1) is 0 Å². The van der Waals surface area contributed by atoms with E-state index in [1.54, 1.807) is 16.2 Å². The summed E-state index contributed by atoms with van der Waals surface area (Å²) in [5.41, 5.74) is 1.59. The van der Waals surface area contributed by atoms with E-state index in [9.17, 15) is 9.59 Å². The Morgan fingerprint density at radius 1 is 1.25 bits per heavy atom. The third kappa shape index (κ3) is 3.11. The molecule has 1 aliphatic heterocycles. The van der Waals surface area contributed by atoms with Gasteiger partial charge in [0.1, 0.15) is 6.54 Å². The van der Waals surface area contributed by atoms with E-state index < -0.39 is 0 Å². The maximum atomic E-state index is 12.7. The molecule has 1 aliphatic rings. The molecule has 1 atom stereocenters. The summed E-state index contributed by atoms with van der Waals surface area (Å²) in [7, 11) is 1.69. The first kappa shape index (κ1) is 16.8. The topological polar surface area (TPSA) is 56.5 Å². The lowest BCUT2D eigenvalue weighted by Gasteiger charge is -2.32. The molecule has 3 rings (SSSR count). The standard InChI is InChI=1S/C18H25N3O3/c1-3-20-15-8-4-5-9-16(15)21(18(20)23)12-17(22)19-10-6-7-14(11-19)13-24-2/h4-5,8-9,14H,3,6-7,10-13H2,1-2H3/t14-/m0/s1. The Labute approximate surface area is 141 Å². The predicted octanol–water partition coefficient (Wildman–Crippen LogP) is 1.71. The lowest BCUT2D eigenvalue weighted by molar-refractivity contribution is -0.134. The number of rotatable bonds is 5. The van der Waals surface area contributed by atoms with Crippen LogP contribution in [0.25, 0.3) is 11.0 Å². The smallest absolute Gasteiger partial charge is 0.329 e. The van der Waals surface area contributed by atoms with Crippen LogP contribution in [0.2, 0.25) is 0 Å². The zero-order valence-corrected chi connectivity index (χ0v) is 14.4. The maximum Gasteiger partial charge on any atom is 0.329 e. The van der Waals surface area contributed by atoms with E-state index in [1.807, 2.05) is 36.1 Å². The zero-order valence-electron chi connectivity index (χ0n) is 14.4. The highest BCUT2D eigenvalue weighted by Crippen LogP contribution is 2.18. The van der Waals surface area contributed by atoms with Crippen LogP contribution in [0.15, 0.2) is 29.1 Å². The molecule has 2 heterocycles. The number of hydrogen-bond donors (Lipinski definition) is 0. The fourth-order valence-corrected chi connectivity index (χ4v) is 3.63. The minimum atomic E-state index is -0.113. The number of methoxy groups -OCH3 is 1. The molecular formula is C18H25N3O3. The molecule has 0 aliphatic carbocycles. The number of para-hydroxylation sites is 2. The van der Waals surface area contributed by atoms with Crippen molar-refractivity contribution in [1.82, 2.24) is 14.0 Å². The van der Waals surface area contributed by atoms with Crippen LogP contribution in [-0.4, -0.2) is 46.7 Å². The van der Waals surface area contributed by atoms with Gasteiger partial charge >= 0.3 is 5.69 Å². The third-order valence-corrected chi connectivity index (χ3v) is 4.81. The minimum absolute atomic E-state index is 0.0110. The summed E-state index contributed by atoms with van der Waals surface area (Å²) in [4.78, 5) is 27.2. The van der Waals surface area contributed by atoms with Crippen molar-refractivity contribution in [3.8, 4) is 0 Å². The fraction of sp³-hybridized carbons (Fsp3) is 0.556. The van der Waals surface area contributed by atoms with Gasteiger partial charge in [-0.1, -0.05) is 12.1 Å². The van der Waals surface area contributed by atoms with Gasteiger partial charge in [-0.2, -0.15) is 0 Å². The Morgan fingerprint density at radius 2 is 1.96 bits per heavy atom. The van der Waals surface area contributed by atoms with Crippen LogP contribution in [0, 0.1) is 5.92 Å². The number of likely N-dealkylation sites (tertiary alicyclic amines) is 1. The van der Waals surface area contributed by atoms with E-state index in [0.29, 0.717) is 25.6 Å².